The van der Waals surface area contributed by atoms with Gasteiger partial charge in [-0.3, -0.25) is 4.79 Å². The van der Waals surface area contributed by atoms with E-state index in [9.17, 15) is 14.0 Å². The number of esters is 1. The van der Waals surface area contributed by atoms with Crippen molar-refractivity contribution in [2.45, 2.75) is 20.4 Å². The van der Waals surface area contributed by atoms with E-state index in [2.05, 4.69) is 5.32 Å². The lowest BCUT2D eigenvalue weighted by Gasteiger charge is -2.08. The highest BCUT2D eigenvalue weighted by atomic mass is 19.1. The van der Waals surface area contributed by atoms with Gasteiger partial charge in [-0.2, -0.15) is 0 Å². The summed E-state index contributed by atoms with van der Waals surface area (Å²) in [5, 5.41) is 2.69. The quantitative estimate of drug-likeness (QED) is 0.863. The highest BCUT2D eigenvalue weighted by molar-refractivity contribution is 5.91. The predicted molar refractivity (Wildman–Crippen MR) is 84.4 cm³/mol. The molecule has 0 saturated carbocycles. The van der Waals surface area contributed by atoms with Crippen molar-refractivity contribution in [1.29, 1.82) is 0 Å². The summed E-state index contributed by atoms with van der Waals surface area (Å²) < 4.78 is 17.7. The molecule has 0 aromatic heterocycles. The Morgan fingerprint density at radius 3 is 2.39 bits per heavy atom. The smallest absolute Gasteiger partial charge is 0.338 e. The number of rotatable bonds is 5. The summed E-state index contributed by atoms with van der Waals surface area (Å²) in [4.78, 5) is 23.4. The molecule has 2 rings (SSSR count). The van der Waals surface area contributed by atoms with Crippen LogP contribution in [0.1, 0.15) is 27.0 Å². The monoisotopic (exact) mass is 315 g/mol. The molecule has 0 spiro atoms. The van der Waals surface area contributed by atoms with E-state index in [1.54, 1.807) is 0 Å². The van der Waals surface area contributed by atoms with Crippen LogP contribution >= 0.6 is 0 Å². The summed E-state index contributed by atoms with van der Waals surface area (Å²) in [5.41, 5.74) is 3.52. The lowest BCUT2D eigenvalue weighted by atomic mass is 10.1. The summed E-state index contributed by atoms with van der Waals surface area (Å²) >= 11 is 0. The van der Waals surface area contributed by atoms with Gasteiger partial charge in [0, 0.05) is 6.54 Å². The molecular formula is C18H18FNO3. The van der Waals surface area contributed by atoms with Gasteiger partial charge >= 0.3 is 5.97 Å². The number of hydrogen-bond acceptors (Lipinski definition) is 3. The molecule has 120 valence electrons. The molecule has 0 fully saturated rings. The molecule has 1 N–H and O–H groups in total. The Morgan fingerprint density at radius 2 is 1.74 bits per heavy atom. The van der Waals surface area contributed by atoms with Crippen molar-refractivity contribution in [3.05, 3.63) is 70.5 Å². The van der Waals surface area contributed by atoms with Crippen LogP contribution in [0.4, 0.5) is 4.39 Å². The van der Waals surface area contributed by atoms with E-state index in [0.717, 1.165) is 23.3 Å². The zero-order valence-electron chi connectivity index (χ0n) is 13.1. The molecule has 0 unspecified atom stereocenters. The molecule has 4 nitrogen and oxygen atoms in total. The highest BCUT2D eigenvalue weighted by Crippen LogP contribution is 2.09. The van der Waals surface area contributed by atoms with Crippen molar-refractivity contribution in [3.63, 3.8) is 0 Å². The number of benzene rings is 2. The summed E-state index contributed by atoms with van der Waals surface area (Å²) in [6, 6.07) is 10.9. The predicted octanol–water partition coefficient (Wildman–Crippen LogP) is 2.92. The second kappa shape index (κ2) is 7.54. The van der Waals surface area contributed by atoms with Crippen molar-refractivity contribution < 1.29 is 18.7 Å². The van der Waals surface area contributed by atoms with E-state index < -0.39 is 17.7 Å². The Balaban J connectivity index is 1.79. The summed E-state index contributed by atoms with van der Waals surface area (Å²) in [6.45, 7) is 4.02. The fourth-order valence-corrected chi connectivity index (χ4v) is 1.97. The largest absolute Gasteiger partial charge is 0.452 e. The normalized spacial score (nSPS) is 10.2. The SMILES string of the molecule is Cc1ccc(CNC(=O)COC(=O)c2ccc(F)cc2)cc1C. The number of aryl methyl sites for hydroxylation is 2. The summed E-state index contributed by atoms with van der Waals surface area (Å²) in [5.74, 6) is -1.49. The maximum absolute atomic E-state index is 12.8. The Kier molecular flexibility index (Phi) is 5.46. The minimum atomic E-state index is -0.661. The molecule has 0 atom stereocenters. The van der Waals surface area contributed by atoms with Crippen molar-refractivity contribution in [2.24, 2.45) is 0 Å². The van der Waals surface area contributed by atoms with Gasteiger partial charge in [0.2, 0.25) is 0 Å². The fraction of sp³-hybridized carbons (Fsp3) is 0.222. The number of halogens is 1. The maximum Gasteiger partial charge on any atom is 0.338 e. The van der Waals surface area contributed by atoms with Crippen molar-refractivity contribution >= 4 is 11.9 Å². The first-order valence-corrected chi connectivity index (χ1v) is 7.21. The molecule has 2 aromatic rings. The highest BCUT2D eigenvalue weighted by Gasteiger charge is 2.10. The molecule has 2 aromatic carbocycles. The molecule has 23 heavy (non-hydrogen) atoms. The number of carbonyl (C=O) groups is 2. The van der Waals surface area contributed by atoms with Gasteiger partial charge in [0.05, 0.1) is 5.56 Å². The Morgan fingerprint density at radius 1 is 1.04 bits per heavy atom. The third kappa shape index (κ3) is 4.92. The third-order valence-electron chi connectivity index (χ3n) is 3.48. The van der Waals surface area contributed by atoms with Crippen molar-refractivity contribution in [2.75, 3.05) is 6.61 Å². The van der Waals surface area contributed by atoms with Crippen LogP contribution in [0.15, 0.2) is 42.5 Å². The second-order valence-electron chi connectivity index (χ2n) is 5.28. The van der Waals surface area contributed by atoms with Gasteiger partial charge in [0.1, 0.15) is 5.82 Å². The minimum Gasteiger partial charge on any atom is -0.452 e. The van der Waals surface area contributed by atoms with Crippen molar-refractivity contribution in [1.82, 2.24) is 5.32 Å². The van der Waals surface area contributed by atoms with E-state index in [-0.39, 0.29) is 12.2 Å². The Hall–Kier alpha value is -2.69. The Labute approximate surface area is 134 Å². The Bertz CT molecular complexity index is 711. The molecule has 5 heteroatoms. The van der Waals surface area contributed by atoms with Gasteiger partial charge in [0.25, 0.3) is 5.91 Å². The van der Waals surface area contributed by atoms with E-state index >= 15 is 0 Å². The fourth-order valence-electron chi connectivity index (χ4n) is 1.97. The molecule has 0 saturated heterocycles. The number of hydrogen-bond donors (Lipinski definition) is 1. The van der Waals surface area contributed by atoms with Gasteiger partial charge in [0.15, 0.2) is 6.61 Å². The van der Waals surface area contributed by atoms with Crippen LogP contribution in [0.3, 0.4) is 0 Å². The van der Waals surface area contributed by atoms with Crippen LogP contribution in [-0.4, -0.2) is 18.5 Å². The van der Waals surface area contributed by atoms with Gasteiger partial charge in [-0.1, -0.05) is 18.2 Å². The molecule has 0 aliphatic rings. The first-order chi connectivity index (χ1) is 11.0. The number of ether oxygens (including phenoxy) is 1. The van der Waals surface area contributed by atoms with Crippen molar-refractivity contribution in [3.8, 4) is 0 Å². The van der Waals surface area contributed by atoms with E-state index in [1.807, 2.05) is 32.0 Å². The molecule has 0 radical (unpaired) electrons. The van der Waals surface area contributed by atoms with Crippen LogP contribution in [-0.2, 0) is 16.1 Å². The molecule has 0 bridgehead atoms. The first-order valence-electron chi connectivity index (χ1n) is 7.21. The minimum absolute atomic E-state index is 0.202. The topological polar surface area (TPSA) is 55.4 Å². The lowest BCUT2D eigenvalue weighted by molar-refractivity contribution is -0.124. The van der Waals surface area contributed by atoms with E-state index in [0.29, 0.717) is 6.54 Å². The van der Waals surface area contributed by atoms with E-state index in [1.165, 1.54) is 17.7 Å². The maximum atomic E-state index is 12.8. The molecule has 0 aliphatic carbocycles. The number of carbonyl (C=O) groups excluding carboxylic acids is 2. The zero-order valence-corrected chi connectivity index (χ0v) is 13.1. The van der Waals surface area contributed by atoms with Gasteiger partial charge < -0.3 is 10.1 Å². The van der Waals surface area contributed by atoms with Gasteiger partial charge in [-0.15, -0.1) is 0 Å². The molecule has 0 aliphatic heterocycles. The first kappa shape index (κ1) is 16.7. The van der Waals surface area contributed by atoms with Crippen LogP contribution in [0.5, 0.6) is 0 Å². The second-order valence-corrected chi connectivity index (χ2v) is 5.28. The standard InChI is InChI=1S/C18H18FNO3/c1-12-3-4-14(9-13(12)2)10-20-17(21)11-23-18(22)15-5-7-16(19)8-6-15/h3-9H,10-11H2,1-2H3,(H,20,21). The summed E-state index contributed by atoms with van der Waals surface area (Å²) in [6.07, 6.45) is 0. The van der Waals surface area contributed by atoms with Crippen LogP contribution in [0.2, 0.25) is 0 Å². The third-order valence-corrected chi connectivity index (χ3v) is 3.48. The van der Waals surface area contributed by atoms with E-state index in [4.69, 9.17) is 4.74 Å². The molecule has 1 amide bonds. The molecular weight excluding hydrogens is 297 g/mol. The number of amides is 1. The van der Waals surface area contributed by atoms with Gasteiger partial charge in [-0.25, -0.2) is 9.18 Å². The average molecular weight is 315 g/mol. The molecule has 0 heterocycles. The zero-order chi connectivity index (χ0) is 16.8. The van der Waals surface area contributed by atoms with Crippen LogP contribution < -0.4 is 5.32 Å². The van der Waals surface area contributed by atoms with Gasteiger partial charge in [-0.05, 0) is 54.8 Å². The van der Waals surface area contributed by atoms with Crippen LogP contribution in [0.25, 0.3) is 0 Å². The lowest BCUT2D eigenvalue weighted by Crippen LogP contribution is -2.28. The van der Waals surface area contributed by atoms with Crippen LogP contribution in [0, 0.1) is 19.7 Å². The average Bonchev–Trinajstić information content (AvgIpc) is 2.54. The number of nitrogens with one attached hydrogen (secondary N) is 1. The summed E-state index contributed by atoms with van der Waals surface area (Å²) in [7, 11) is 0.